The smallest absolute Gasteiger partial charge is 0.223 e. The lowest BCUT2D eigenvalue weighted by Gasteiger charge is -2.09. The molecule has 3 rings (SSSR count). The SMILES string of the molecule is N[C@@H]1C[C@H](C(=O)NCc2ccc(-c3ccccc3Cl)o2)C[C@H]1O. The van der Waals surface area contributed by atoms with Gasteiger partial charge in [0.25, 0.3) is 0 Å². The summed E-state index contributed by atoms with van der Waals surface area (Å²) in [6, 6.07) is 10.8. The van der Waals surface area contributed by atoms with E-state index in [0.717, 1.165) is 5.56 Å². The van der Waals surface area contributed by atoms with E-state index in [2.05, 4.69) is 5.32 Å². The summed E-state index contributed by atoms with van der Waals surface area (Å²) in [6.07, 6.45) is 0.327. The number of carbonyl (C=O) groups is 1. The van der Waals surface area contributed by atoms with Crippen LogP contribution in [0.2, 0.25) is 5.02 Å². The molecule has 0 saturated heterocycles. The minimum Gasteiger partial charge on any atom is -0.459 e. The van der Waals surface area contributed by atoms with Crippen molar-refractivity contribution in [3.8, 4) is 11.3 Å². The molecule has 1 fully saturated rings. The summed E-state index contributed by atoms with van der Waals surface area (Å²) in [4.78, 5) is 12.1. The molecule has 1 aliphatic carbocycles. The fourth-order valence-corrected chi connectivity index (χ4v) is 3.09. The molecule has 4 N–H and O–H groups in total. The highest BCUT2D eigenvalue weighted by Gasteiger charge is 2.34. The van der Waals surface area contributed by atoms with Gasteiger partial charge in [0.05, 0.1) is 17.7 Å². The molecule has 1 heterocycles. The van der Waals surface area contributed by atoms with E-state index in [9.17, 15) is 9.90 Å². The van der Waals surface area contributed by atoms with Crippen molar-refractivity contribution in [3.63, 3.8) is 0 Å². The van der Waals surface area contributed by atoms with Crippen molar-refractivity contribution in [1.29, 1.82) is 0 Å². The molecular weight excluding hydrogens is 316 g/mol. The molecule has 0 bridgehead atoms. The van der Waals surface area contributed by atoms with Crippen molar-refractivity contribution >= 4 is 17.5 Å². The number of nitrogens with one attached hydrogen (secondary N) is 1. The molecule has 5 nitrogen and oxygen atoms in total. The van der Waals surface area contributed by atoms with E-state index in [1.807, 2.05) is 30.3 Å². The Hall–Kier alpha value is -1.82. The first-order valence-electron chi connectivity index (χ1n) is 7.59. The summed E-state index contributed by atoms with van der Waals surface area (Å²) in [5.41, 5.74) is 6.55. The predicted molar refractivity (Wildman–Crippen MR) is 87.7 cm³/mol. The van der Waals surface area contributed by atoms with Crippen LogP contribution in [-0.4, -0.2) is 23.2 Å². The van der Waals surface area contributed by atoms with Crippen LogP contribution in [0.15, 0.2) is 40.8 Å². The average Bonchev–Trinajstić information content (AvgIpc) is 3.13. The standard InChI is InChI=1S/C17H19ClN2O3/c18-13-4-2-1-3-12(13)16-6-5-11(23-16)9-20-17(22)10-7-14(19)15(21)8-10/h1-6,10,14-15,21H,7-9,19H2,(H,20,22)/t10-,14+,15+/m0/s1. The topological polar surface area (TPSA) is 88.5 Å². The minimum absolute atomic E-state index is 0.104. The number of hydrogen-bond donors (Lipinski definition) is 3. The third-order valence-electron chi connectivity index (χ3n) is 4.19. The van der Waals surface area contributed by atoms with Crippen molar-refractivity contribution in [2.75, 3.05) is 0 Å². The van der Waals surface area contributed by atoms with Gasteiger partial charge in [-0.1, -0.05) is 23.7 Å². The van der Waals surface area contributed by atoms with Gasteiger partial charge in [0, 0.05) is 17.5 Å². The molecule has 3 atom stereocenters. The molecular formula is C17H19ClN2O3. The van der Waals surface area contributed by atoms with E-state index in [0.29, 0.717) is 35.9 Å². The number of furan rings is 1. The summed E-state index contributed by atoms with van der Waals surface area (Å²) in [5, 5.41) is 13.1. The monoisotopic (exact) mass is 334 g/mol. The number of benzene rings is 1. The molecule has 2 aromatic rings. The van der Waals surface area contributed by atoms with Crippen LogP contribution in [0.1, 0.15) is 18.6 Å². The number of hydrogen-bond acceptors (Lipinski definition) is 4. The van der Waals surface area contributed by atoms with Crippen LogP contribution in [0.4, 0.5) is 0 Å². The molecule has 1 aromatic carbocycles. The van der Waals surface area contributed by atoms with E-state index >= 15 is 0 Å². The Balaban J connectivity index is 1.60. The number of nitrogens with two attached hydrogens (primary N) is 1. The van der Waals surface area contributed by atoms with Crippen LogP contribution in [0.25, 0.3) is 11.3 Å². The fourth-order valence-electron chi connectivity index (χ4n) is 2.86. The molecule has 23 heavy (non-hydrogen) atoms. The number of amides is 1. The predicted octanol–water partition coefficient (Wildman–Crippen LogP) is 2.31. The van der Waals surface area contributed by atoms with Gasteiger partial charge in [-0.05, 0) is 37.1 Å². The third-order valence-corrected chi connectivity index (χ3v) is 4.52. The van der Waals surface area contributed by atoms with Crippen molar-refractivity contribution in [2.24, 2.45) is 11.7 Å². The zero-order valence-corrected chi connectivity index (χ0v) is 13.3. The molecule has 1 amide bonds. The van der Waals surface area contributed by atoms with Crippen LogP contribution in [0, 0.1) is 5.92 Å². The molecule has 0 radical (unpaired) electrons. The first-order valence-corrected chi connectivity index (χ1v) is 7.97. The maximum Gasteiger partial charge on any atom is 0.223 e. The van der Waals surface area contributed by atoms with E-state index in [1.165, 1.54) is 0 Å². The molecule has 0 aliphatic heterocycles. The van der Waals surface area contributed by atoms with E-state index in [1.54, 1.807) is 6.07 Å². The summed E-state index contributed by atoms with van der Waals surface area (Å²) in [7, 11) is 0. The lowest BCUT2D eigenvalue weighted by atomic mass is 10.1. The Bertz CT molecular complexity index is 691. The van der Waals surface area contributed by atoms with Crippen molar-refractivity contribution < 1.29 is 14.3 Å². The molecule has 0 unspecified atom stereocenters. The maximum absolute atomic E-state index is 12.1. The van der Waals surface area contributed by atoms with Crippen LogP contribution >= 0.6 is 11.6 Å². The van der Waals surface area contributed by atoms with Gasteiger partial charge in [0.15, 0.2) is 0 Å². The molecule has 122 valence electrons. The maximum atomic E-state index is 12.1. The van der Waals surface area contributed by atoms with Crippen LogP contribution < -0.4 is 11.1 Å². The largest absolute Gasteiger partial charge is 0.459 e. The lowest BCUT2D eigenvalue weighted by molar-refractivity contribution is -0.125. The summed E-state index contributed by atoms with van der Waals surface area (Å²) in [6.45, 7) is 0.297. The van der Waals surface area contributed by atoms with Gasteiger partial charge in [0.2, 0.25) is 5.91 Å². The second kappa shape index (κ2) is 6.74. The number of halogens is 1. The first kappa shape index (κ1) is 16.1. The van der Waals surface area contributed by atoms with Crippen LogP contribution in [0.5, 0.6) is 0 Å². The zero-order valence-electron chi connectivity index (χ0n) is 12.5. The van der Waals surface area contributed by atoms with Crippen LogP contribution in [-0.2, 0) is 11.3 Å². The van der Waals surface area contributed by atoms with Gasteiger partial charge in [0.1, 0.15) is 11.5 Å². The van der Waals surface area contributed by atoms with E-state index < -0.39 is 6.10 Å². The normalized spacial score (nSPS) is 23.9. The molecule has 0 spiro atoms. The van der Waals surface area contributed by atoms with Gasteiger partial charge in [-0.2, -0.15) is 0 Å². The third kappa shape index (κ3) is 3.58. The Morgan fingerprint density at radius 1 is 1.30 bits per heavy atom. The minimum atomic E-state index is -0.596. The Morgan fingerprint density at radius 3 is 2.78 bits per heavy atom. The van der Waals surface area contributed by atoms with E-state index in [-0.39, 0.29) is 17.9 Å². The lowest BCUT2D eigenvalue weighted by Crippen LogP contribution is -2.30. The van der Waals surface area contributed by atoms with Crippen molar-refractivity contribution in [2.45, 2.75) is 31.5 Å². The Kier molecular flexibility index (Phi) is 4.71. The van der Waals surface area contributed by atoms with Crippen LogP contribution in [0.3, 0.4) is 0 Å². The van der Waals surface area contributed by atoms with Crippen molar-refractivity contribution in [3.05, 3.63) is 47.2 Å². The zero-order chi connectivity index (χ0) is 16.4. The molecule has 6 heteroatoms. The highest BCUT2D eigenvalue weighted by Crippen LogP contribution is 2.29. The van der Waals surface area contributed by atoms with Gasteiger partial charge < -0.3 is 20.6 Å². The second-order valence-electron chi connectivity index (χ2n) is 5.86. The molecule has 1 aliphatic rings. The fraction of sp³-hybridized carbons (Fsp3) is 0.353. The number of aliphatic hydroxyl groups excluding tert-OH is 1. The first-order chi connectivity index (χ1) is 11.0. The Labute approximate surface area is 139 Å². The molecule has 1 aromatic heterocycles. The highest BCUT2D eigenvalue weighted by molar-refractivity contribution is 6.33. The van der Waals surface area contributed by atoms with Gasteiger partial charge in [-0.25, -0.2) is 0 Å². The average molecular weight is 335 g/mol. The molecule has 1 saturated carbocycles. The highest BCUT2D eigenvalue weighted by atomic mass is 35.5. The van der Waals surface area contributed by atoms with Gasteiger partial charge >= 0.3 is 0 Å². The number of carbonyl (C=O) groups excluding carboxylic acids is 1. The number of aliphatic hydroxyl groups is 1. The Morgan fingerprint density at radius 2 is 2.09 bits per heavy atom. The van der Waals surface area contributed by atoms with E-state index in [4.69, 9.17) is 21.8 Å². The summed E-state index contributed by atoms with van der Waals surface area (Å²) < 4.78 is 5.73. The van der Waals surface area contributed by atoms with Gasteiger partial charge in [-0.3, -0.25) is 4.79 Å². The quantitative estimate of drug-likeness (QED) is 0.800. The summed E-state index contributed by atoms with van der Waals surface area (Å²) in [5.74, 6) is 0.972. The van der Waals surface area contributed by atoms with Crippen molar-refractivity contribution in [1.82, 2.24) is 5.32 Å². The summed E-state index contributed by atoms with van der Waals surface area (Å²) >= 11 is 6.14. The van der Waals surface area contributed by atoms with Gasteiger partial charge in [-0.15, -0.1) is 0 Å². The number of rotatable bonds is 4. The second-order valence-corrected chi connectivity index (χ2v) is 6.27.